The average molecular weight is 312 g/mol. The van der Waals surface area contributed by atoms with Gasteiger partial charge in [-0.15, -0.1) is 0 Å². The molecule has 3 rings (SSSR count). The maximum Gasteiger partial charge on any atom is 0.262 e. The first-order valence-corrected chi connectivity index (χ1v) is 7.59. The zero-order chi connectivity index (χ0) is 16.2. The van der Waals surface area contributed by atoms with Gasteiger partial charge in [0.25, 0.3) is 5.91 Å². The number of anilines is 2. The van der Waals surface area contributed by atoms with E-state index in [2.05, 4.69) is 10.2 Å². The summed E-state index contributed by atoms with van der Waals surface area (Å²) in [4.78, 5) is 14.1. The summed E-state index contributed by atoms with van der Waals surface area (Å²) in [6.45, 7) is 3.48. The molecule has 0 atom stereocenters. The quantitative estimate of drug-likeness (QED) is 0.943. The van der Waals surface area contributed by atoms with Crippen molar-refractivity contribution >= 4 is 17.3 Å². The lowest BCUT2D eigenvalue weighted by atomic mass is 10.2. The highest BCUT2D eigenvalue weighted by Gasteiger charge is 2.15. The molecule has 1 aliphatic rings. The molecule has 5 heteroatoms. The molecule has 2 aromatic rings. The first-order valence-electron chi connectivity index (χ1n) is 7.59. The summed E-state index contributed by atoms with van der Waals surface area (Å²) in [6, 6.07) is 13.3. The fourth-order valence-electron chi connectivity index (χ4n) is 2.48. The van der Waals surface area contributed by atoms with Crippen LogP contribution in [0.3, 0.4) is 0 Å². The lowest BCUT2D eigenvalue weighted by Gasteiger charge is -2.28. The SMILES string of the molecule is Cc1cccc(OCC(=O)Nc2ccc3c(c2)N(C)CCO3)c1. The van der Waals surface area contributed by atoms with Gasteiger partial charge in [-0.2, -0.15) is 0 Å². The van der Waals surface area contributed by atoms with E-state index >= 15 is 0 Å². The molecule has 0 fully saturated rings. The van der Waals surface area contributed by atoms with E-state index in [4.69, 9.17) is 9.47 Å². The Bertz CT molecular complexity index is 715. The molecule has 0 aromatic heterocycles. The molecule has 1 aliphatic heterocycles. The van der Waals surface area contributed by atoms with Gasteiger partial charge in [-0.25, -0.2) is 0 Å². The molecule has 0 radical (unpaired) electrons. The summed E-state index contributed by atoms with van der Waals surface area (Å²) in [5, 5.41) is 2.85. The summed E-state index contributed by atoms with van der Waals surface area (Å²) >= 11 is 0. The maximum absolute atomic E-state index is 12.0. The number of likely N-dealkylation sites (N-methyl/N-ethyl adjacent to an activating group) is 1. The number of nitrogens with one attached hydrogen (secondary N) is 1. The number of hydrogen-bond donors (Lipinski definition) is 1. The zero-order valence-corrected chi connectivity index (χ0v) is 13.3. The van der Waals surface area contributed by atoms with E-state index in [1.54, 1.807) is 0 Å². The van der Waals surface area contributed by atoms with Crippen molar-refractivity contribution in [2.45, 2.75) is 6.92 Å². The van der Waals surface area contributed by atoms with Gasteiger partial charge >= 0.3 is 0 Å². The first kappa shape index (κ1) is 15.2. The number of aryl methyl sites for hydroxylation is 1. The fraction of sp³-hybridized carbons (Fsp3) is 0.278. The molecule has 1 N–H and O–H groups in total. The van der Waals surface area contributed by atoms with Crippen molar-refractivity contribution in [3.63, 3.8) is 0 Å². The standard InChI is InChI=1S/C18H20N2O3/c1-13-4-3-5-15(10-13)23-12-18(21)19-14-6-7-17-16(11-14)20(2)8-9-22-17/h3-7,10-11H,8-9,12H2,1-2H3,(H,19,21). The van der Waals surface area contributed by atoms with E-state index in [1.165, 1.54) is 0 Å². The van der Waals surface area contributed by atoms with E-state index in [0.717, 1.165) is 29.2 Å². The van der Waals surface area contributed by atoms with E-state index in [-0.39, 0.29) is 12.5 Å². The number of benzene rings is 2. The lowest BCUT2D eigenvalue weighted by Crippen LogP contribution is -2.29. The normalized spacial score (nSPS) is 13.0. The van der Waals surface area contributed by atoms with Gasteiger partial charge in [-0.3, -0.25) is 4.79 Å². The molecule has 0 saturated heterocycles. The van der Waals surface area contributed by atoms with Gasteiger partial charge in [0, 0.05) is 12.7 Å². The minimum Gasteiger partial charge on any atom is -0.490 e. The molecule has 0 aliphatic carbocycles. The molecule has 0 spiro atoms. The van der Waals surface area contributed by atoms with Crippen LogP contribution in [0, 0.1) is 6.92 Å². The zero-order valence-electron chi connectivity index (χ0n) is 13.3. The summed E-state index contributed by atoms with van der Waals surface area (Å²) in [7, 11) is 2.01. The molecule has 0 unspecified atom stereocenters. The molecule has 0 bridgehead atoms. The van der Waals surface area contributed by atoms with Crippen LogP contribution < -0.4 is 19.7 Å². The van der Waals surface area contributed by atoms with Crippen molar-refractivity contribution < 1.29 is 14.3 Å². The largest absolute Gasteiger partial charge is 0.490 e. The summed E-state index contributed by atoms with van der Waals surface area (Å²) < 4.78 is 11.1. The van der Waals surface area contributed by atoms with E-state index in [9.17, 15) is 4.79 Å². The molecule has 23 heavy (non-hydrogen) atoms. The molecule has 1 amide bonds. The second kappa shape index (κ2) is 6.60. The first-order chi connectivity index (χ1) is 11.1. The van der Waals surface area contributed by atoms with Crippen LogP contribution in [-0.2, 0) is 4.79 Å². The van der Waals surface area contributed by atoms with Crippen molar-refractivity contribution in [3.8, 4) is 11.5 Å². The molecular formula is C18H20N2O3. The van der Waals surface area contributed by atoms with Crippen LogP contribution in [0.4, 0.5) is 11.4 Å². The van der Waals surface area contributed by atoms with E-state index in [1.807, 2.05) is 56.4 Å². The third kappa shape index (κ3) is 3.74. The topological polar surface area (TPSA) is 50.8 Å². The van der Waals surface area contributed by atoms with Crippen LogP contribution in [0.1, 0.15) is 5.56 Å². The minimum absolute atomic E-state index is 0.0210. The van der Waals surface area contributed by atoms with Crippen molar-refractivity contribution in [2.75, 3.05) is 37.0 Å². The average Bonchev–Trinajstić information content (AvgIpc) is 2.54. The maximum atomic E-state index is 12.0. The van der Waals surface area contributed by atoms with Gasteiger partial charge in [-0.05, 0) is 42.8 Å². The van der Waals surface area contributed by atoms with Crippen LogP contribution >= 0.6 is 0 Å². The summed E-state index contributed by atoms with van der Waals surface area (Å²) in [5.41, 5.74) is 2.81. The fourth-order valence-corrected chi connectivity index (χ4v) is 2.48. The Morgan fingerprint density at radius 3 is 3.00 bits per heavy atom. The van der Waals surface area contributed by atoms with Gasteiger partial charge in [-0.1, -0.05) is 12.1 Å². The molecule has 2 aromatic carbocycles. The Labute approximate surface area is 135 Å². The second-order valence-corrected chi connectivity index (χ2v) is 5.61. The highest BCUT2D eigenvalue weighted by atomic mass is 16.5. The van der Waals surface area contributed by atoms with Crippen LogP contribution in [0.15, 0.2) is 42.5 Å². The van der Waals surface area contributed by atoms with Gasteiger partial charge in [0.2, 0.25) is 0 Å². The lowest BCUT2D eigenvalue weighted by molar-refractivity contribution is -0.118. The van der Waals surface area contributed by atoms with Crippen LogP contribution in [0.2, 0.25) is 0 Å². The predicted molar refractivity (Wildman–Crippen MR) is 90.5 cm³/mol. The predicted octanol–water partition coefficient (Wildman–Crippen LogP) is 2.84. The van der Waals surface area contributed by atoms with E-state index < -0.39 is 0 Å². The molecule has 120 valence electrons. The van der Waals surface area contributed by atoms with Crippen LogP contribution in [0.5, 0.6) is 11.5 Å². The third-order valence-electron chi connectivity index (χ3n) is 3.70. The number of nitrogens with zero attached hydrogens (tertiary/aromatic N) is 1. The highest BCUT2D eigenvalue weighted by molar-refractivity contribution is 5.92. The highest BCUT2D eigenvalue weighted by Crippen LogP contribution is 2.33. The second-order valence-electron chi connectivity index (χ2n) is 5.61. The van der Waals surface area contributed by atoms with Gasteiger partial charge < -0.3 is 19.7 Å². The Balaban J connectivity index is 1.61. The monoisotopic (exact) mass is 312 g/mol. The third-order valence-corrected chi connectivity index (χ3v) is 3.70. The van der Waals surface area contributed by atoms with Crippen molar-refractivity contribution in [1.29, 1.82) is 0 Å². The van der Waals surface area contributed by atoms with Crippen LogP contribution in [-0.4, -0.2) is 32.7 Å². The van der Waals surface area contributed by atoms with Crippen molar-refractivity contribution in [1.82, 2.24) is 0 Å². The number of ether oxygens (including phenoxy) is 2. The van der Waals surface area contributed by atoms with Crippen molar-refractivity contribution in [2.24, 2.45) is 0 Å². The van der Waals surface area contributed by atoms with Gasteiger partial charge in [0.1, 0.15) is 18.1 Å². The van der Waals surface area contributed by atoms with Crippen molar-refractivity contribution in [3.05, 3.63) is 48.0 Å². The number of carbonyl (C=O) groups is 1. The molecule has 1 heterocycles. The van der Waals surface area contributed by atoms with E-state index in [0.29, 0.717) is 12.4 Å². The summed E-state index contributed by atoms with van der Waals surface area (Å²) in [6.07, 6.45) is 0. The summed E-state index contributed by atoms with van der Waals surface area (Å²) in [5.74, 6) is 1.34. The number of carbonyl (C=O) groups excluding carboxylic acids is 1. The number of rotatable bonds is 4. The molecule has 5 nitrogen and oxygen atoms in total. The molecule has 0 saturated carbocycles. The Hall–Kier alpha value is -2.69. The molecular weight excluding hydrogens is 292 g/mol. The van der Waals surface area contributed by atoms with Gasteiger partial charge in [0.15, 0.2) is 6.61 Å². The number of fused-ring (bicyclic) bond motifs is 1. The smallest absolute Gasteiger partial charge is 0.262 e. The Morgan fingerprint density at radius 1 is 1.30 bits per heavy atom. The Kier molecular flexibility index (Phi) is 4.37. The Morgan fingerprint density at radius 2 is 2.17 bits per heavy atom. The van der Waals surface area contributed by atoms with Crippen LogP contribution in [0.25, 0.3) is 0 Å². The van der Waals surface area contributed by atoms with Gasteiger partial charge in [0.05, 0.1) is 12.2 Å². The minimum atomic E-state index is -0.189. The number of hydrogen-bond acceptors (Lipinski definition) is 4. The number of amides is 1.